The van der Waals surface area contributed by atoms with Gasteiger partial charge in [0.15, 0.2) is 0 Å². The number of aliphatic imine (C=N–C) groups is 1. The van der Waals surface area contributed by atoms with Crippen LogP contribution in [-0.2, 0) is 0 Å². The van der Waals surface area contributed by atoms with Crippen molar-refractivity contribution in [2.24, 2.45) is 4.99 Å². The molecular formula is C27H20N2S. The molecule has 0 radical (unpaired) electrons. The smallest absolute Gasteiger partial charge is 0.210 e. The first-order chi connectivity index (χ1) is 14.8. The number of thiazole rings is 1. The molecule has 0 aliphatic heterocycles. The molecule has 1 aromatic heterocycles. The first kappa shape index (κ1) is 18.5. The third-order valence-electron chi connectivity index (χ3n) is 5.11. The molecule has 144 valence electrons. The van der Waals surface area contributed by atoms with E-state index < -0.39 is 0 Å². The van der Waals surface area contributed by atoms with Crippen LogP contribution in [0.2, 0.25) is 0 Å². The Bertz CT molecular complexity index is 1330. The number of rotatable bonds is 4. The molecule has 5 rings (SSSR count). The quantitative estimate of drug-likeness (QED) is 0.282. The highest BCUT2D eigenvalue weighted by atomic mass is 32.1. The Hall–Kier alpha value is -3.56. The molecule has 3 heteroatoms. The van der Waals surface area contributed by atoms with E-state index in [1.807, 2.05) is 12.3 Å². The van der Waals surface area contributed by atoms with Gasteiger partial charge in [-0.15, -0.1) is 0 Å². The maximum atomic E-state index is 4.90. The van der Waals surface area contributed by atoms with Gasteiger partial charge in [-0.3, -0.25) is 0 Å². The molecule has 0 saturated carbocycles. The summed E-state index contributed by atoms with van der Waals surface area (Å²) in [7, 11) is 0. The second-order valence-electron chi connectivity index (χ2n) is 7.23. The van der Waals surface area contributed by atoms with Crippen LogP contribution in [0, 0.1) is 6.92 Å². The average Bonchev–Trinajstić information content (AvgIpc) is 3.23. The number of benzene rings is 4. The van der Waals surface area contributed by atoms with Gasteiger partial charge in [0.25, 0.3) is 0 Å². The topological polar surface area (TPSA) is 25.2 Å². The maximum absolute atomic E-state index is 4.90. The van der Waals surface area contributed by atoms with E-state index in [1.54, 1.807) is 11.3 Å². The van der Waals surface area contributed by atoms with E-state index in [1.165, 1.54) is 16.3 Å². The number of aryl methyl sites for hydroxylation is 1. The van der Waals surface area contributed by atoms with Gasteiger partial charge >= 0.3 is 0 Å². The molecule has 0 atom stereocenters. The second kappa shape index (κ2) is 8.05. The van der Waals surface area contributed by atoms with E-state index >= 15 is 0 Å². The molecule has 0 spiro atoms. The van der Waals surface area contributed by atoms with Crippen molar-refractivity contribution in [3.8, 4) is 21.7 Å². The summed E-state index contributed by atoms with van der Waals surface area (Å²) in [5.74, 6) is 0. The molecule has 0 N–H and O–H groups in total. The minimum atomic E-state index is 0.761. The lowest BCUT2D eigenvalue weighted by Crippen LogP contribution is -1.84. The van der Waals surface area contributed by atoms with Gasteiger partial charge in [0, 0.05) is 17.3 Å². The first-order valence-electron chi connectivity index (χ1n) is 9.93. The Morgan fingerprint density at radius 3 is 2.30 bits per heavy atom. The Kier molecular flexibility index (Phi) is 4.96. The van der Waals surface area contributed by atoms with Gasteiger partial charge in [0.2, 0.25) is 5.13 Å². The molecule has 30 heavy (non-hydrogen) atoms. The molecule has 0 unspecified atom stereocenters. The first-order valence-corrected chi connectivity index (χ1v) is 10.7. The monoisotopic (exact) mass is 404 g/mol. The summed E-state index contributed by atoms with van der Waals surface area (Å²) in [6, 6.07) is 33.6. The van der Waals surface area contributed by atoms with Crippen LogP contribution in [0.3, 0.4) is 0 Å². The summed E-state index contributed by atoms with van der Waals surface area (Å²) in [6.07, 6.45) is 1.93. The van der Waals surface area contributed by atoms with Gasteiger partial charge < -0.3 is 0 Å². The SMILES string of the molecule is Cc1ccc(-c2nc(N=Cc3cccc4ccccc34)sc2-c2ccccc2)cc1. The summed E-state index contributed by atoms with van der Waals surface area (Å²) < 4.78 is 0. The largest absolute Gasteiger partial charge is 0.227 e. The van der Waals surface area contributed by atoms with Gasteiger partial charge in [-0.1, -0.05) is 114 Å². The van der Waals surface area contributed by atoms with E-state index in [9.17, 15) is 0 Å². The molecule has 0 aliphatic rings. The Labute approximate surface area is 180 Å². The van der Waals surface area contributed by atoms with Crippen LogP contribution >= 0.6 is 11.3 Å². The lowest BCUT2D eigenvalue weighted by molar-refractivity contribution is 1.35. The molecule has 5 aromatic rings. The van der Waals surface area contributed by atoms with Crippen LogP contribution in [0.5, 0.6) is 0 Å². The summed E-state index contributed by atoms with van der Waals surface area (Å²) in [5, 5.41) is 3.17. The lowest BCUT2D eigenvalue weighted by Gasteiger charge is -2.03. The molecule has 0 saturated heterocycles. The van der Waals surface area contributed by atoms with Crippen molar-refractivity contribution in [3.63, 3.8) is 0 Å². The Balaban J connectivity index is 1.59. The predicted octanol–water partition coefficient (Wildman–Crippen LogP) is 7.69. The summed E-state index contributed by atoms with van der Waals surface area (Å²) in [5.41, 5.74) is 5.60. The zero-order chi connectivity index (χ0) is 20.3. The van der Waals surface area contributed by atoms with Crippen LogP contribution in [0.1, 0.15) is 11.1 Å². The minimum absolute atomic E-state index is 0.761. The van der Waals surface area contributed by atoms with E-state index in [2.05, 4.69) is 97.9 Å². The normalized spacial score (nSPS) is 11.4. The molecule has 0 amide bonds. The van der Waals surface area contributed by atoms with Crippen LogP contribution < -0.4 is 0 Å². The summed E-state index contributed by atoms with van der Waals surface area (Å²) >= 11 is 1.63. The molecule has 0 aliphatic carbocycles. The number of fused-ring (bicyclic) bond motifs is 1. The van der Waals surface area contributed by atoms with Crippen molar-refractivity contribution in [2.75, 3.05) is 0 Å². The van der Waals surface area contributed by atoms with E-state index in [0.29, 0.717) is 0 Å². The van der Waals surface area contributed by atoms with Crippen molar-refractivity contribution >= 4 is 33.5 Å². The van der Waals surface area contributed by atoms with Crippen molar-refractivity contribution in [3.05, 3.63) is 108 Å². The standard InChI is InChI=1S/C27H20N2S/c1-19-14-16-21(17-15-19)25-26(22-9-3-2-4-10-22)30-27(29-25)28-18-23-12-7-11-20-8-5-6-13-24(20)23/h2-18H,1H3. The molecule has 0 fully saturated rings. The number of aromatic nitrogens is 1. The van der Waals surface area contributed by atoms with E-state index in [-0.39, 0.29) is 0 Å². The second-order valence-corrected chi connectivity index (χ2v) is 8.21. The van der Waals surface area contributed by atoms with Crippen LogP contribution in [0.25, 0.3) is 32.5 Å². The number of hydrogen-bond acceptors (Lipinski definition) is 3. The van der Waals surface area contributed by atoms with Crippen molar-refractivity contribution in [1.82, 2.24) is 4.98 Å². The highest BCUT2D eigenvalue weighted by Crippen LogP contribution is 2.40. The Morgan fingerprint density at radius 1 is 0.733 bits per heavy atom. The fourth-order valence-corrected chi connectivity index (χ4v) is 4.48. The molecule has 2 nitrogen and oxygen atoms in total. The van der Waals surface area contributed by atoms with Gasteiger partial charge in [0.05, 0.1) is 10.6 Å². The van der Waals surface area contributed by atoms with Gasteiger partial charge in [0.1, 0.15) is 0 Å². The molecule has 4 aromatic carbocycles. The fourth-order valence-electron chi connectivity index (χ4n) is 3.54. The average molecular weight is 405 g/mol. The minimum Gasteiger partial charge on any atom is -0.227 e. The highest BCUT2D eigenvalue weighted by Gasteiger charge is 2.14. The number of hydrogen-bond donors (Lipinski definition) is 0. The predicted molar refractivity (Wildman–Crippen MR) is 129 cm³/mol. The van der Waals surface area contributed by atoms with Crippen molar-refractivity contribution in [2.45, 2.75) is 6.92 Å². The van der Waals surface area contributed by atoms with Gasteiger partial charge in [-0.25, -0.2) is 9.98 Å². The highest BCUT2D eigenvalue weighted by molar-refractivity contribution is 7.19. The van der Waals surface area contributed by atoms with Gasteiger partial charge in [-0.2, -0.15) is 0 Å². The lowest BCUT2D eigenvalue weighted by atomic mass is 10.1. The summed E-state index contributed by atoms with van der Waals surface area (Å²) in [4.78, 5) is 10.8. The van der Waals surface area contributed by atoms with Crippen LogP contribution in [0.15, 0.2) is 102 Å². The number of nitrogens with zero attached hydrogens (tertiary/aromatic N) is 2. The van der Waals surface area contributed by atoms with Crippen molar-refractivity contribution in [1.29, 1.82) is 0 Å². The Morgan fingerprint density at radius 2 is 1.47 bits per heavy atom. The zero-order valence-electron chi connectivity index (χ0n) is 16.6. The molecule has 1 heterocycles. The van der Waals surface area contributed by atoms with E-state index in [4.69, 9.17) is 9.98 Å². The third kappa shape index (κ3) is 3.68. The third-order valence-corrected chi connectivity index (χ3v) is 6.13. The molecule has 0 bridgehead atoms. The zero-order valence-corrected chi connectivity index (χ0v) is 17.4. The summed E-state index contributed by atoms with van der Waals surface area (Å²) in [6.45, 7) is 2.10. The van der Waals surface area contributed by atoms with Gasteiger partial charge in [-0.05, 0) is 23.3 Å². The maximum Gasteiger partial charge on any atom is 0.210 e. The van der Waals surface area contributed by atoms with Crippen LogP contribution in [-0.4, -0.2) is 11.2 Å². The van der Waals surface area contributed by atoms with Crippen molar-refractivity contribution < 1.29 is 0 Å². The fraction of sp³-hybridized carbons (Fsp3) is 0.0370. The van der Waals surface area contributed by atoms with Crippen LogP contribution in [0.4, 0.5) is 5.13 Å². The molecular weight excluding hydrogens is 384 g/mol. The van der Waals surface area contributed by atoms with E-state index in [0.717, 1.165) is 32.4 Å².